The van der Waals surface area contributed by atoms with Crippen molar-refractivity contribution in [2.75, 3.05) is 6.54 Å². The van der Waals surface area contributed by atoms with E-state index in [-0.39, 0.29) is 11.1 Å². The third kappa shape index (κ3) is 2.73. The standard InChI is InChI=1S/C11H20N4O2S/c1-4-12-6-9-8(3)13-14-11(9)18(16,17)15-10-5-7(10)2/h7,10,12,15H,4-6H2,1-3H3,(H,13,14). The minimum atomic E-state index is -3.50. The minimum Gasteiger partial charge on any atom is -0.313 e. The Morgan fingerprint density at radius 1 is 1.50 bits per heavy atom. The Labute approximate surface area is 108 Å². The van der Waals surface area contributed by atoms with Crippen molar-refractivity contribution in [2.45, 2.75) is 44.8 Å². The van der Waals surface area contributed by atoms with Gasteiger partial charge in [-0.2, -0.15) is 5.10 Å². The Morgan fingerprint density at radius 3 is 2.72 bits per heavy atom. The van der Waals surface area contributed by atoms with Crippen molar-refractivity contribution in [3.63, 3.8) is 0 Å². The van der Waals surface area contributed by atoms with E-state index in [1.165, 1.54) is 0 Å². The van der Waals surface area contributed by atoms with Crippen LogP contribution in [-0.2, 0) is 16.6 Å². The molecular formula is C11H20N4O2S. The first-order valence-corrected chi connectivity index (χ1v) is 7.71. The molecule has 3 N–H and O–H groups in total. The molecule has 6 nitrogen and oxygen atoms in total. The third-order valence-electron chi connectivity index (χ3n) is 3.26. The molecule has 0 amide bonds. The Morgan fingerprint density at radius 2 is 2.17 bits per heavy atom. The molecule has 2 rings (SSSR count). The van der Waals surface area contributed by atoms with E-state index >= 15 is 0 Å². The van der Waals surface area contributed by atoms with Crippen LogP contribution in [0.2, 0.25) is 0 Å². The molecule has 7 heteroatoms. The van der Waals surface area contributed by atoms with E-state index in [0.717, 1.165) is 24.2 Å². The SMILES string of the molecule is CCNCc1c(S(=O)(=O)NC2CC2C)n[nH]c1C. The van der Waals surface area contributed by atoms with Crippen molar-refractivity contribution >= 4 is 10.0 Å². The molecule has 1 aromatic rings. The summed E-state index contributed by atoms with van der Waals surface area (Å²) in [5, 5.41) is 9.93. The van der Waals surface area contributed by atoms with Gasteiger partial charge in [0, 0.05) is 23.8 Å². The van der Waals surface area contributed by atoms with Crippen LogP contribution in [0, 0.1) is 12.8 Å². The van der Waals surface area contributed by atoms with E-state index in [0.29, 0.717) is 12.5 Å². The Bertz CT molecular complexity index is 523. The lowest BCUT2D eigenvalue weighted by Crippen LogP contribution is -2.28. The molecule has 1 aliphatic rings. The molecule has 102 valence electrons. The summed E-state index contributed by atoms with van der Waals surface area (Å²) in [4.78, 5) is 0. The van der Waals surface area contributed by atoms with Gasteiger partial charge >= 0.3 is 0 Å². The van der Waals surface area contributed by atoms with Crippen LogP contribution in [0.25, 0.3) is 0 Å². The largest absolute Gasteiger partial charge is 0.313 e. The van der Waals surface area contributed by atoms with Crippen LogP contribution < -0.4 is 10.0 Å². The summed E-state index contributed by atoms with van der Waals surface area (Å²) >= 11 is 0. The number of hydrogen-bond donors (Lipinski definition) is 3. The topological polar surface area (TPSA) is 86.9 Å². The lowest BCUT2D eigenvalue weighted by Gasteiger charge is -2.06. The lowest BCUT2D eigenvalue weighted by atomic mass is 10.2. The number of H-pyrrole nitrogens is 1. The number of aromatic amines is 1. The zero-order chi connectivity index (χ0) is 13.3. The van der Waals surface area contributed by atoms with Crippen LogP contribution in [-0.4, -0.2) is 31.2 Å². The smallest absolute Gasteiger partial charge is 0.260 e. The molecular weight excluding hydrogens is 252 g/mol. The van der Waals surface area contributed by atoms with Gasteiger partial charge in [0.05, 0.1) is 0 Å². The van der Waals surface area contributed by atoms with E-state index in [4.69, 9.17) is 0 Å². The molecule has 1 fully saturated rings. The fraction of sp³-hybridized carbons (Fsp3) is 0.727. The highest BCUT2D eigenvalue weighted by Gasteiger charge is 2.38. The number of aryl methyl sites for hydroxylation is 1. The second kappa shape index (κ2) is 4.99. The van der Waals surface area contributed by atoms with Crippen LogP contribution >= 0.6 is 0 Å². The monoisotopic (exact) mass is 272 g/mol. The number of sulfonamides is 1. The quantitative estimate of drug-likeness (QED) is 0.704. The van der Waals surface area contributed by atoms with Gasteiger partial charge in [-0.25, -0.2) is 13.1 Å². The number of rotatable bonds is 6. The summed E-state index contributed by atoms with van der Waals surface area (Å²) in [6, 6.07) is 0.0685. The number of aromatic nitrogens is 2. The average molecular weight is 272 g/mol. The van der Waals surface area contributed by atoms with Gasteiger partial charge in [-0.15, -0.1) is 0 Å². The van der Waals surface area contributed by atoms with Crippen molar-refractivity contribution < 1.29 is 8.42 Å². The molecule has 2 atom stereocenters. The van der Waals surface area contributed by atoms with Crippen molar-refractivity contribution in [2.24, 2.45) is 5.92 Å². The van der Waals surface area contributed by atoms with Crippen molar-refractivity contribution in [1.82, 2.24) is 20.2 Å². The molecule has 18 heavy (non-hydrogen) atoms. The molecule has 0 saturated heterocycles. The van der Waals surface area contributed by atoms with Gasteiger partial charge in [-0.05, 0) is 25.8 Å². The molecule has 0 aliphatic heterocycles. The van der Waals surface area contributed by atoms with Gasteiger partial charge in [-0.3, -0.25) is 5.10 Å². The Balaban J connectivity index is 2.21. The summed E-state index contributed by atoms with van der Waals surface area (Å²) in [5.74, 6) is 0.428. The Hall–Kier alpha value is -0.920. The van der Waals surface area contributed by atoms with E-state index in [9.17, 15) is 8.42 Å². The fourth-order valence-corrected chi connectivity index (χ4v) is 3.41. The highest BCUT2D eigenvalue weighted by atomic mass is 32.2. The van der Waals surface area contributed by atoms with Crippen molar-refractivity contribution in [1.29, 1.82) is 0 Å². The molecule has 0 spiro atoms. The molecule has 0 aromatic carbocycles. The zero-order valence-corrected chi connectivity index (χ0v) is 11.8. The number of nitrogens with one attached hydrogen (secondary N) is 3. The fourth-order valence-electron chi connectivity index (χ4n) is 1.85. The van der Waals surface area contributed by atoms with E-state index in [1.807, 2.05) is 20.8 Å². The second-order valence-corrected chi connectivity index (χ2v) is 6.48. The number of hydrogen-bond acceptors (Lipinski definition) is 4. The normalized spacial score (nSPS) is 23.3. The molecule has 1 saturated carbocycles. The molecule has 1 heterocycles. The summed E-state index contributed by atoms with van der Waals surface area (Å²) in [5.41, 5.74) is 1.51. The predicted octanol–water partition coefficient (Wildman–Crippen LogP) is 0.514. The van der Waals surface area contributed by atoms with Gasteiger partial charge in [0.2, 0.25) is 0 Å². The van der Waals surface area contributed by atoms with Gasteiger partial charge in [0.25, 0.3) is 10.0 Å². The van der Waals surface area contributed by atoms with Gasteiger partial charge in [-0.1, -0.05) is 13.8 Å². The van der Waals surface area contributed by atoms with Gasteiger partial charge in [0.15, 0.2) is 5.03 Å². The van der Waals surface area contributed by atoms with Crippen LogP contribution in [0.1, 0.15) is 31.5 Å². The molecule has 0 radical (unpaired) electrons. The first-order chi connectivity index (χ1) is 8.45. The summed E-state index contributed by atoms with van der Waals surface area (Å²) in [6.45, 7) is 7.14. The van der Waals surface area contributed by atoms with Gasteiger partial charge < -0.3 is 5.32 Å². The van der Waals surface area contributed by atoms with Crippen LogP contribution in [0.15, 0.2) is 5.03 Å². The zero-order valence-electron chi connectivity index (χ0n) is 10.9. The maximum Gasteiger partial charge on any atom is 0.260 e. The Kier molecular flexibility index (Phi) is 3.74. The highest BCUT2D eigenvalue weighted by molar-refractivity contribution is 7.89. The number of nitrogens with zero attached hydrogens (tertiary/aromatic N) is 1. The van der Waals surface area contributed by atoms with Crippen molar-refractivity contribution in [3.8, 4) is 0 Å². The summed E-state index contributed by atoms with van der Waals surface area (Å²) in [6.07, 6.45) is 0.908. The average Bonchev–Trinajstić information content (AvgIpc) is 2.83. The first-order valence-electron chi connectivity index (χ1n) is 6.22. The van der Waals surface area contributed by atoms with Crippen LogP contribution in [0.3, 0.4) is 0 Å². The van der Waals surface area contributed by atoms with Gasteiger partial charge in [0.1, 0.15) is 0 Å². The van der Waals surface area contributed by atoms with E-state index in [1.54, 1.807) is 0 Å². The van der Waals surface area contributed by atoms with E-state index < -0.39 is 10.0 Å². The maximum atomic E-state index is 12.2. The minimum absolute atomic E-state index is 0.0685. The second-order valence-electron chi connectivity index (χ2n) is 4.85. The molecule has 1 aromatic heterocycles. The summed E-state index contributed by atoms with van der Waals surface area (Å²) in [7, 11) is -3.50. The van der Waals surface area contributed by atoms with Crippen LogP contribution in [0.5, 0.6) is 0 Å². The predicted molar refractivity (Wildman–Crippen MR) is 68.6 cm³/mol. The van der Waals surface area contributed by atoms with Crippen molar-refractivity contribution in [3.05, 3.63) is 11.3 Å². The summed E-state index contributed by atoms with van der Waals surface area (Å²) < 4.78 is 27.1. The molecule has 2 unspecified atom stereocenters. The maximum absolute atomic E-state index is 12.2. The molecule has 0 bridgehead atoms. The van der Waals surface area contributed by atoms with Crippen LogP contribution in [0.4, 0.5) is 0 Å². The highest BCUT2D eigenvalue weighted by Crippen LogP contribution is 2.31. The lowest BCUT2D eigenvalue weighted by molar-refractivity contribution is 0.571. The molecule has 1 aliphatic carbocycles. The third-order valence-corrected chi connectivity index (χ3v) is 4.72. The first kappa shape index (κ1) is 13.5. The van der Waals surface area contributed by atoms with E-state index in [2.05, 4.69) is 20.2 Å².